The Hall–Kier alpha value is -0.990. The molecule has 0 radical (unpaired) electrons. The van der Waals surface area contributed by atoms with Gasteiger partial charge in [-0.3, -0.25) is 4.79 Å². The summed E-state index contributed by atoms with van der Waals surface area (Å²) < 4.78 is 43.2. The molecule has 0 bridgehead atoms. The second kappa shape index (κ2) is 5.18. The third-order valence-electron chi connectivity index (χ3n) is 2.75. The molecule has 0 saturated carbocycles. The normalized spacial score (nSPS) is 19.1. The van der Waals surface area contributed by atoms with Gasteiger partial charge >= 0.3 is 6.18 Å². The summed E-state index contributed by atoms with van der Waals surface area (Å²) in [6.07, 6.45) is -6.08. The first-order valence-electron chi connectivity index (χ1n) is 5.62. The summed E-state index contributed by atoms with van der Waals surface area (Å²) >= 11 is 2.08. The number of carbonyl (C=O) groups is 1. The number of amides is 1. The molecule has 1 unspecified atom stereocenters. The highest BCUT2D eigenvalue weighted by Crippen LogP contribution is 2.36. The van der Waals surface area contributed by atoms with Gasteiger partial charge in [-0.1, -0.05) is 0 Å². The first-order valence-corrected chi connectivity index (χ1v) is 6.70. The molecule has 1 aliphatic rings. The van der Waals surface area contributed by atoms with Crippen LogP contribution in [0.1, 0.15) is 13.3 Å². The number of benzene rings is 1. The molecule has 0 saturated heterocycles. The highest BCUT2D eigenvalue weighted by Gasteiger charge is 2.35. The highest BCUT2D eigenvalue weighted by molar-refractivity contribution is 14.1. The second-order valence-electron chi connectivity index (χ2n) is 4.23. The Bertz CT molecular complexity index is 504. The van der Waals surface area contributed by atoms with Crippen LogP contribution in [0.2, 0.25) is 0 Å². The van der Waals surface area contributed by atoms with E-state index in [1.165, 1.54) is 6.92 Å². The van der Waals surface area contributed by atoms with E-state index in [0.717, 1.165) is 8.47 Å². The van der Waals surface area contributed by atoms with Crippen LogP contribution in [-0.2, 0) is 4.79 Å². The Morgan fingerprint density at radius 1 is 1.42 bits per heavy atom. The van der Waals surface area contributed by atoms with Crippen LogP contribution in [0.3, 0.4) is 0 Å². The number of alkyl halides is 3. The molecule has 0 fully saturated rings. The Morgan fingerprint density at radius 2 is 2.11 bits per heavy atom. The Balaban J connectivity index is 2.29. The third-order valence-corrected chi connectivity index (χ3v) is 3.42. The second-order valence-corrected chi connectivity index (χ2v) is 5.47. The van der Waals surface area contributed by atoms with Crippen LogP contribution in [0.15, 0.2) is 18.2 Å². The van der Waals surface area contributed by atoms with Gasteiger partial charge in [0.2, 0.25) is 0 Å². The van der Waals surface area contributed by atoms with Gasteiger partial charge < -0.3 is 9.64 Å². The molecule has 1 heterocycles. The van der Waals surface area contributed by atoms with Crippen molar-refractivity contribution in [1.82, 2.24) is 0 Å². The average molecular weight is 385 g/mol. The lowest BCUT2D eigenvalue weighted by atomic mass is 10.1. The van der Waals surface area contributed by atoms with Gasteiger partial charge in [0.15, 0.2) is 6.10 Å². The fraction of sp³-hybridized carbons (Fsp3) is 0.417. The van der Waals surface area contributed by atoms with Crippen molar-refractivity contribution in [3.8, 4) is 5.75 Å². The summed E-state index contributed by atoms with van der Waals surface area (Å²) in [5, 5.41) is 0. The maximum Gasteiger partial charge on any atom is 0.390 e. The lowest BCUT2D eigenvalue weighted by Gasteiger charge is -2.33. The molecule has 1 aromatic carbocycles. The highest BCUT2D eigenvalue weighted by atomic mass is 127. The lowest BCUT2D eigenvalue weighted by Crippen LogP contribution is -2.45. The van der Waals surface area contributed by atoms with Crippen molar-refractivity contribution in [2.24, 2.45) is 0 Å². The third kappa shape index (κ3) is 3.31. The Morgan fingerprint density at radius 3 is 2.74 bits per heavy atom. The molecule has 1 amide bonds. The van der Waals surface area contributed by atoms with Crippen LogP contribution >= 0.6 is 22.6 Å². The molecule has 104 valence electrons. The molecule has 7 heteroatoms. The van der Waals surface area contributed by atoms with Gasteiger partial charge in [0.25, 0.3) is 5.91 Å². The minimum absolute atomic E-state index is 0.385. The van der Waals surface area contributed by atoms with Crippen molar-refractivity contribution in [2.75, 3.05) is 11.4 Å². The van der Waals surface area contributed by atoms with Crippen LogP contribution < -0.4 is 9.64 Å². The molecule has 19 heavy (non-hydrogen) atoms. The van der Waals surface area contributed by atoms with E-state index in [0.29, 0.717) is 11.4 Å². The SMILES string of the molecule is CC1Oc2cc(I)ccc2N(CCC(F)(F)F)C1=O. The van der Waals surface area contributed by atoms with Gasteiger partial charge in [-0.15, -0.1) is 0 Å². The molecule has 1 aromatic rings. The van der Waals surface area contributed by atoms with Crippen molar-refractivity contribution in [1.29, 1.82) is 0 Å². The summed E-state index contributed by atoms with van der Waals surface area (Å²) in [4.78, 5) is 13.1. The predicted octanol–water partition coefficient (Wildman–Crippen LogP) is 3.36. The van der Waals surface area contributed by atoms with Crippen LogP contribution in [0.25, 0.3) is 0 Å². The van der Waals surface area contributed by atoms with E-state index in [1.807, 2.05) is 0 Å². The van der Waals surface area contributed by atoms with Gasteiger partial charge in [0.1, 0.15) is 5.75 Å². The Labute approximate surface area is 121 Å². The van der Waals surface area contributed by atoms with E-state index in [4.69, 9.17) is 4.74 Å². The first kappa shape index (κ1) is 14.4. The van der Waals surface area contributed by atoms with E-state index in [9.17, 15) is 18.0 Å². The van der Waals surface area contributed by atoms with Crippen molar-refractivity contribution in [3.63, 3.8) is 0 Å². The van der Waals surface area contributed by atoms with E-state index in [-0.39, 0.29) is 6.54 Å². The number of nitrogens with zero attached hydrogens (tertiary/aromatic N) is 1. The fourth-order valence-electron chi connectivity index (χ4n) is 1.85. The quantitative estimate of drug-likeness (QED) is 0.731. The zero-order chi connectivity index (χ0) is 14.2. The number of rotatable bonds is 2. The standard InChI is InChI=1S/C12H11F3INO2/c1-7-11(18)17(5-4-12(13,14)15)9-3-2-8(16)6-10(9)19-7/h2-3,6-7H,4-5H2,1H3. The fourth-order valence-corrected chi connectivity index (χ4v) is 2.32. The summed E-state index contributed by atoms with van der Waals surface area (Å²) in [6, 6.07) is 5.04. The molecule has 3 nitrogen and oxygen atoms in total. The van der Waals surface area contributed by atoms with E-state index >= 15 is 0 Å². The van der Waals surface area contributed by atoms with Crippen LogP contribution in [0.4, 0.5) is 18.9 Å². The Kier molecular flexibility index (Phi) is 3.93. The molecule has 0 aromatic heterocycles. The number of hydrogen-bond acceptors (Lipinski definition) is 2. The van der Waals surface area contributed by atoms with Crippen molar-refractivity contribution in [3.05, 3.63) is 21.8 Å². The van der Waals surface area contributed by atoms with Crippen molar-refractivity contribution in [2.45, 2.75) is 25.6 Å². The number of ether oxygens (including phenoxy) is 1. The molecular formula is C12H11F3INO2. The first-order chi connectivity index (χ1) is 8.78. The monoisotopic (exact) mass is 385 g/mol. The maximum atomic E-state index is 12.3. The summed E-state index contributed by atoms with van der Waals surface area (Å²) in [5.41, 5.74) is 0.396. The minimum Gasteiger partial charge on any atom is -0.479 e. The number of anilines is 1. The topological polar surface area (TPSA) is 29.5 Å². The average Bonchev–Trinajstić information content (AvgIpc) is 2.28. The maximum absolute atomic E-state index is 12.3. The summed E-state index contributed by atoms with van der Waals surface area (Å²) in [6.45, 7) is 1.15. The van der Waals surface area contributed by atoms with Crippen LogP contribution in [0, 0.1) is 3.57 Å². The summed E-state index contributed by atoms with van der Waals surface area (Å²) in [7, 11) is 0. The molecular weight excluding hydrogens is 374 g/mol. The molecule has 2 rings (SSSR count). The van der Waals surface area contributed by atoms with Gasteiger partial charge in [-0.05, 0) is 47.7 Å². The lowest BCUT2D eigenvalue weighted by molar-refractivity contribution is -0.135. The van der Waals surface area contributed by atoms with Crippen molar-refractivity contribution < 1.29 is 22.7 Å². The smallest absolute Gasteiger partial charge is 0.390 e. The van der Waals surface area contributed by atoms with Crippen LogP contribution in [0.5, 0.6) is 5.75 Å². The molecule has 0 N–H and O–H groups in total. The molecule has 0 spiro atoms. The number of fused-ring (bicyclic) bond motifs is 1. The largest absolute Gasteiger partial charge is 0.479 e. The molecule has 0 aliphatic carbocycles. The van der Waals surface area contributed by atoms with Gasteiger partial charge in [0, 0.05) is 10.1 Å². The summed E-state index contributed by atoms with van der Waals surface area (Å²) in [5.74, 6) is -0.000803. The van der Waals surface area contributed by atoms with Gasteiger partial charge in [-0.2, -0.15) is 13.2 Å². The number of halogens is 4. The van der Waals surface area contributed by atoms with Gasteiger partial charge in [0.05, 0.1) is 12.1 Å². The van der Waals surface area contributed by atoms with E-state index < -0.39 is 24.6 Å². The molecule has 1 aliphatic heterocycles. The molecule has 1 atom stereocenters. The zero-order valence-electron chi connectivity index (χ0n) is 10.00. The van der Waals surface area contributed by atoms with Gasteiger partial charge in [-0.25, -0.2) is 0 Å². The van der Waals surface area contributed by atoms with Crippen molar-refractivity contribution >= 4 is 34.2 Å². The predicted molar refractivity (Wildman–Crippen MR) is 72.3 cm³/mol. The number of carbonyl (C=O) groups excluding carboxylic acids is 1. The van der Waals surface area contributed by atoms with Crippen LogP contribution in [-0.4, -0.2) is 24.7 Å². The zero-order valence-corrected chi connectivity index (χ0v) is 12.2. The van der Waals surface area contributed by atoms with E-state index in [2.05, 4.69) is 22.6 Å². The number of hydrogen-bond donors (Lipinski definition) is 0. The minimum atomic E-state index is -4.29. The van der Waals surface area contributed by atoms with E-state index in [1.54, 1.807) is 18.2 Å².